The lowest BCUT2D eigenvalue weighted by Gasteiger charge is -2.53. The van der Waals surface area contributed by atoms with E-state index in [0.29, 0.717) is 35.7 Å². The van der Waals surface area contributed by atoms with Gasteiger partial charge in [-0.05, 0) is 95.9 Å². The molecular formula is C29H40FN5O4. The molecule has 10 heteroatoms. The molecule has 9 nitrogen and oxygen atoms in total. The molecule has 1 aliphatic heterocycles. The molecule has 6 rings (SSSR count). The number of hydrogen-bond acceptors (Lipinski definition) is 5. The SMILES string of the molecule is COCC12CCC(NC(=O)Nc3c(-c4ccc(F)cc4)nn4c3C(C)N(C(=O)OC(C)(C)C)CC4)(CC1)CC2. The lowest BCUT2D eigenvalue weighted by Crippen LogP contribution is -2.58. The number of methoxy groups -OCH3 is 1. The molecule has 1 atom stereocenters. The van der Waals surface area contributed by atoms with Gasteiger partial charge < -0.3 is 20.1 Å². The molecule has 1 aromatic carbocycles. The van der Waals surface area contributed by atoms with E-state index in [-0.39, 0.29) is 22.8 Å². The maximum Gasteiger partial charge on any atom is 0.410 e. The predicted octanol–water partition coefficient (Wildman–Crippen LogP) is 5.86. The quantitative estimate of drug-likeness (QED) is 0.494. The van der Waals surface area contributed by atoms with Crippen LogP contribution in [-0.2, 0) is 16.0 Å². The number of aromatic nitrogens is 2. The molecule has 212 valence electrons. The van der Waals surface area contributed by atoms with Crippen molar-refractivity contribution in [2.75, 3.05) is 25.6 Å². The highest BCUT2D eigenvalue weighted by molar-refractivity contribution is 5.95. The molecule has 2 heterocycles. The van der Waals surface area contributed by atoms with E-state index in [1.54, 1.807) is 24.1 Å². The number of amides is 3. The van der Waals surface area contributed by atoms with E-state index in [1.807, 2.05) is 32.4 Å². The molecule has 0 spiro atoms. The fourth-order valence-corrected chi connectivity index (χ4v) is 6.48. The summed E-state index contributed by atoms with van der Waals surface area (Å²) in [6, 6.07) is 5.37. The summed E-state index contributed by atoms with van der Waals surface area (Å²) in [5.74, 6) is -0.349. The van der Waals surface area contributed by atoms with E-state index in [0.717, 1.165) is 45.1 Å². The van der Waals surface area contributed by atoms with Crippen LogP contribution >= 0.6 is 0 Å². The Morgan fingerprint density at radius 3 is 2.31 bits per heavy atom. The predicted molar refractivity (Wildman–Crippen MR) is 146 cm³/mol. The third-order valence-electron chi connectivity index (χ3n) is 8.62. The van der Waals surface area contributed by atoms with Crippen molar-refractivity contribution in [1.82, 2.24) is 20.0 Å². The van der Waals surface area contributed by atoms with E-state index >= 15 is 0 Å². The van der Waals surface area contributed by atoms with Crippen LogP contribution in [-0.4, -0.2) is 58.2 Å². The Morgan fingerprint density at radius 1 is 1.08 bits per heavy atom. The number of nitrogens with one attached hydrogen (secondary N) is 2. The van der Waals surface area contributed by atoms with Crippen molar-refractivity contribution >= 4 is 17.8 Å². The van der Waals surface area contributed by atoms with Crippen molar-refractivity contribution in [2.24, 2.45) is 5.41 Å². The maximum absolute atomic E-state index is 13.7. The van der Waals surface area contributed by atoms with Crippen LogP contribution in [0, 0.1) is 11.2 Å². The molecule has 3 fully saturated rings. The molecule has 3 aliphatic carbocycles. The summed E-state index contributed by atoms with van der Waals surface area (Å²) in [5.41, 5.74) is 1.83. The van der Waals surface area contributed by atoms with Gasteiger partial charge in [0.25, 0.3) is 0 Å². The number of carbonyl (C=O) groups excluding carboxylic acids is 2. The number of nitrogens with zero attached hydrogens (tertiary/aromatic N) is 3. The second-order valence-corrected chi connectivity index (χ2v) is 12.5. The Hall–Kier alpha value is -3.14. The molecule has 3 amide bonds. The van der Waals surface area contributed by atoms with Crippen LogP contribution in [0.2, 0.25) is 0 Å². The van der Waals surface area contributed by atoms with Crippen molar-refractivity contribution in [3.8, 4) is 11.3 Å². The summed E-state index contributed by atoms with van der Waals surface area (Å²) in [7, 11) is 1.76. The lowest BCUT2D eigenvalue weighted by atomic mass is 9.57. The van der Waals surface area contributed by atoms with Crippen LogP contribution < -0.4 is 10.6 Å². The number of carbonyl (C=O) groups is 2. The molecule has 2 N–H and O–H groups in total. The Bertz CT molecular complexity index is 1210. The van der Waals surface area contributed by atoms with Gasteiger partial charge in [-0.25, -0.2) is 14.0 Å². The van der Waals surface area contributed by atoms with Gasteiger partial charge in [0.2, 0.25) is 0 Å². The topological polar surface area (TPSA) is 97.7 Å². The number of benzene rings is 1. The second kappa shape index (κ2) is 10.1. The van der Waals surface area contributed by atoms with E-state index < -0.39 is 17.7 Å². The minimum absolute atomic E-state index is 0.232. The third kappa shape index (κ3) is 5.48. The van der Waals surface area contributed by atoms with Gasteiger partial charge in [-0.1, -0.05) is 0 Å². The molecule has 0 radical (unpaired) electrons. The van der Waals surface area contributed by atoms with Gasteiger partial charge in [-0.2, -0.15) is 5.10 Å². The molecule has 0 saturated heterocycles. The molecule has 2 bridgehead atoms. The first-order chi connectivity index (χ1) is 18.4. The average molecular weight is 542 g/mol. The zero-order valence-electron chi connectivity index (χ0n) is 23.6. The molecular weight excluding hydrogens is 501 g/mol. The fourth-order valence-electron chi connectivity index (χ4n) is 6.48. The summed E-state index contributed by atoms with van der Waals surface area (Å²) in [5, 5.41) is 11.2. The minimum atomic E-state index is -0.630. The van der Waals surface area contributed by atoms with Crippen LogP contribution in [0.3, 0.4) is 0 Å². The van der Waals surface area contributed by atoms with Crippen molar-refractivity contribution in [3.05, 3.63) is 35.8 Å². The standard InChI is InChI=1S/C29H40FN5O4/c1-19-24-23(31-25(36)32-29-13-10-28(11-14-29,12-15-29)18-38-5)22(20-6-8-21(30)9-7-20)33-35(24)17-16-34(19)26(37)39-27(2,3)4/h6-9,19H,10-18H2,1-5H3,(H2,31,32,36). The van der Waals surface area contributed by atoms with E-state index in [4.69, 9.17) is 14.6 Å². The number of fused-ring (bicyclic) bond motifs is 4. The summed E-state index contributed by atoms with van der Waals surface area (Å²) >= 11 is 0. The van der Waals surface area contributed by atoms with Crippen LogP contribution in [0.5, 0.6) is 0 Å². The highest BCUT2D eigenvalue weighted by Crippen LogP contribution is 2.52. The summed E-state index contributed by atoms with van der Waals surface area (Å²) in [6.45, 7) is 9.05. The molecule has 1 unspecified atom stereocenters. The minimum Gasteiger partial charge on any atom is -0.444 e. The van der Waals surface area contributed by atoms with E-state index in [1.165, 1.54) is 12.1 Å². The summed E-state index contributed by atoms with van der Waals surface area (Å²) in [6.07, 6.45) is 5.45. The molecule has 39 heavy (non-hydrogen) atoms. The second-order valence-electron chi connectivity index (χ2n) is 12.5. The van der Waals surface area contributed by atoms with Crippen LogP contribution in [0.4, 0.5) is 19.7 Å². The fraction of sp³-hybridized carbons (Fsp3) is 0.621. The summed E-state index contributed by atoms with van der Waals surface area (Å²) < 4.78 is 26.7. The summed E-state index contributed by atoms with van der Waals surface area (Å²) in [4.78, 5) is 28.2. The first-order valence-electron chi connectivity index (χ1n) is 13.9. The maximum atomic E-state index is 13.7. The van der Waals surface area contributed by atoms with Crippen LogP contribution in [0.15, 0.2) is 24.3 Å². The Balaban J connectivity index is 1.42. The van der Waals surface area contributed by atoms with E-state index in [9.17, 15) is 14.0 Å². The van der Waals surface area contributed by atoms with Crippen molar-refractivity contribution in [3.63, 3.8) is 0 Å². The Morgan fingerprint density at radius 2 is 1.72 bits per heavy atom. The largest absolute Gasteiger partial charge is 0.444 e. The molecule has 4 aliphatic rings. The van der Waals surface area contributed by atoms with Gasteiger partial charge in [0.15, 0.2) is 0 Å². The Labute approximate surface area is 229 Å². The number of anilines is 1. The van der Waals surface area contributed by atoms with E-state index in [2.05, 4.69) is 10.6 Å². The average Bonchev–Trinajstić information content (AvgIpc) is 3.23. The third-order valence-corrected chi connectivity index (χ3v) is 8.62. The lowest BCUT2D eigenvalue weighted by molar-refractivity contribution is -0.0270. The number of urea groups is 1. The van der Waals surface area contributed by atoms with Crippen molar-refractivity contribution < 1.29 is 23.5 Å². The van der Waals surface area contributed by atoms with Crippen molar-refractivity contribution in [1.29, 1.82) is 0 Å². The number of ether oxygens (including phenoxy) is 2. The van der Waals surface area contributed by atoms with Crippen LogP contribution in [0.1, 0.15) is 78.0 Å². The van der Waals surface area contributed by atoms with Crippen LogP contribution in [0.25, 0.3) is 11.3 Å². The molecule has 2 aromatic rings. The zero-order valence-corrected chi connectivity index (χ0v) is 23.6. The highest BCUT2D eigenvalue weighted by Gasteiger charge is 2.49. The van der Waals surface area contributed by atoms with Crippen molar-refractivity contribution in [2.45, 2.75) is 89.9 Å². The van der Waals surface area contributed by atoms with Gasteiger partial charge in [-0.15, -0.1) is 0 Å². The van der Waals surface area contributed by atoms with Gasteiger partial charge in [-0.3, -0.25) is 9.58 Å². The molecule has 1 aromatic heterocycles. The number of hydrogen-bond donors (Lipinski definition) is 2. The highest BCUT2D eigenvalue weighted by atomic mass is 19.1. The monoisotopic (exact) mass is 541 g/mol. The first kappa shape index (κ1) is 27.4. The van der Waals surface area contributed by atoms with Gasteiger partial charge in [0.1, 0.15) is 17.1 Å². The van der Waals surface area contributed by atoms with Gasteiger partial charge in [0.05, 0.1) is 30.6 Å². The smallest absolute Gasteiger partial charge is 0.410 e. The normalized spacial score (nSPS) is 26.2. The number of halogens is 1. The zero-order chi connectivity index (χ0) is 28.0. The van der Waals surface area contributed by atoms with Gasteiger partial charge in [0, 0.05) is 24.8 Å². The first-order valence-corrected chi connectivity index (χ1v) is 13.9. The molecule has 3 saturated carbocycles. The Kier molecular flexibility index (Phi) is 7.11. The van der Waals surface area contributed by atoms with Gasteiger partial charge >= 0.3 is 12.1 Å². The number of rotatable bonds is 5.